The van der Waals surface area contributed by atoms with Gasteiger partial charge >= 0.3 is 5.97 Å². The molecule has 0 amide bonds. The molecule has 1 atom stereocenters. The van der Waals surface area contributed by atoms with Gasteiger partial charge in [-0.2, -0.15) is 11.8 Å². The third kappa shape index (κ3) is 3.94. The maximum Gasteiger partial charge on any atom is 0.337 e. The number of nitrogen functional groups attached to an aromatic ring is 1. The van der Waals surface area contributed by atoms with Gasteiger partial charge in [-0.05, 0) is 37.5 Å². The second-order valence-electron chi connectivity index (χ2n) is 4.45. The van der Waals surface area contributed by atoms with E-state index in [0.29, 0.717) is 16.4 Å². The highest BCUT2D eigenvalue weighted by Gasteiger charge is 2.21. The van der Waals surface area contributed by atoms with Crippen molar-refractivity contribution in [1.82, 2.24) is 0 Å². The lowest BCUT2D eigenvalue weighted by molar-refractivity contribution is 0.0697. The summed E-state index contributed by atoms with van der Waals surface area (Å²) in [5, 5.41) is 9.65. The second kappa shape index (κ2) is 6.91. The van der Waals surface area contributed by atoms with Crippen LogP contribution in [-0.4, -0.2) is 36.2 Å². The summed E-state index contributed by atoms with van der Waals surface area (Å²) in [6, 6.07) is 3.23. The molecule has 0 heterocycles. The number of hydrogen-bond donors (Lipinski definition) is 2. The molecule has 0 aliphatic heterocycles. The van der Waals surface area contributed by atoms with E-state index in [-0.39, 0.29) is 11.6 Å². The summed E-state index contributed by atoms with van der Waals surface area (Å²) in [4.78, 5) is 13.2. The Labute approximate surface area is 122 Å². The molecule has 0 aliphatic rings. The number of aromatic carboxylic acids is 1. The van der Waals surface area contributed by atoms with Crippen molar-refractivity contribution in [2.75, 3.05) is 29.7 Å². The standard InChI is InChI=1S/C13H19ClN2O2S/c1-8(4-5-19-3)16(2)12-10(13(17)18)6-9(15)7-11(12)14/h6-8H,4-5,15H2,1-3H3,(H,17,18). The number of hydrogen-bond acceptors (Lipinski definition) is 4. The Hall–Kier alpha value is -1.07. The molecular weight excluding hydrogens is 284 g/mol. The van der Waals surface area contributed by atoms with Crippen LogP contribution in [0, 0.1) is 0 Å². The van der Waals surface area contributed by atoms with Crippen molar-refractivity contribution < 1.29 is 9.90 Å². The summed E-state index contributed by atoms with van der Waals surface area (Å²) in [6.45, 7) is 2.05. The first kappa shape index (κ1) is 16.0. The third-order valence-corrected chi connectivity index (χ3v) is 4.00. The summed E-state index contributed by atoms with van der Waals surface area (Å²) in [5.41, 5.74) is 6.68. The molecule has 0 fully saturated rings. The van der Waals surface area contributed by atoms with E-state index < -0.39 is 5.97 Å². The molecule has 1 unspecified atom stereocenters. The van der Waals surface area contributed by atoms with Crippen molar-refractivity contribution in [3.8, 4) is 0 Å². The fourth-order valence-electron chi connectivity index (χ4n) is 1.84. The number of rotatable bonds is 6. The zero-order valence-corrected chi connectivity index (χ0v) is 12.9. The van der Waals surface area contributed by atoms with E-state index in [9.17, 15) is 9.90 Å². The predicted molar refractivity (Wildman–Crippen MR) is 83.7 cm³/mol. The Morgan fingerprint density at radius 2 is 2.21 bits per heavy atom. The average Bonchev–Trinajstić information content (AvgIpc) is 2.34. The van der Waals surface area contributed by atoms with Gasteiger partial charge in [-0.1, -0.05) is 11.6 Å². The summed E-state index contributed by atoms with van der Waals surface area (Å²) in [6.07, 6.45) is 3.00. The Bertz CT molecular complexity index is 468. The van der Waals surface area contributed by atoms with E-state index in [4.69, 9.17) is 17.3 Å². The Kier molecular flexibility index (Phi) is 5.82. The molecule has 1 rings (SSSR count). The second-order valence-corrected chi connectivity index (χ2v) is 5.84. The molecular formula is C13H19ClN2O2S. The number of carboxylic acids is 1. The van der Waals surface area contributed by atoms with Gasteiger partial charge in [0.2, 0.25) is 0 Å². The van der Waals surface area contributed by atoms with Gasteiger partial charge in [-0.25, -0.2) is 4.79 Å². The molecule has 19 heavy (non-hydrogen) atoms. The number of anilines is 2. The van der Waals surface area contributed by atoms with Gasteiger partial charge in [-0.15, -0.1) is 0 Å². The maximum absolute atomic E-state index is 11.3. The predicted octanol–water partition coefficient (Wildman–Crippen LogP) is 3.20. The van der Waals surface area contributed by atoms with E-state index in [1.165, 1.54) is 6.07 Å². The van der Waals surface area contributed by atoms with Crippen molar-refractivity contribution in [2.45, 2.75) is 19.4 Å². The van der Waals surface area contributed by atoms with Crippen LogP contribution in [0.25, 0.3) is 0 Å². The van der Waals surface area contributed by atoms with E-state index >= 15 is 0 Å². The topological polar surface area (TPSA) is 66.6 Å². The van der Waals surface area contributed by atoms with Gasteiger partial charge in [0.05, 0.1) is 16.3 Å². The first-order chi connectivity index (χ1) is 8.88. The molecule has 0 aliphatic carbocycles. The normalized spacial score (nSPS) is 12.2. The summed E-state index contributed by atoms with van der Waals surface area (Å²) in [7, 11) is 1.86. The molecule has 0 aromatic heterocycles. The lowest BCUT2D eigenvalue weighted by Gasteiger charge is -2.29. The van der Waals surface area contributed by atoms with Gasteiger partial charge in [0, 0.05) is 18.8 Å². The van der Waals surface area contributed by atoms with Gasteiger partial charge in [0.15, 0.2) is 0 Å². The lowest BCUT2D eigenvalue weighted by atomic mass is 10.1. The number of nitrogens with two attached hydrogens (primary N) is 1. The minimum atomic E-state index is -1.02. The number of halogens is 1. The van der Waals surface area contributed by atoms with Gasteiger partial charge in [-0.3, -0.25) is 0 Å². The minimum absolute atomic E-state index is 0.142. The summed E-state index contributed by atoms with van der Waals surface area (Å²) >= 11 is 7.93. The van der Waals surface area contributed by atoms with E-state index in [2.05, 4.69) is 6.92 Å². The first-order valence-corrected chi connectivity index (χ1v) is 7.69. The van der Waals surface area contributed by atoms with Gasteiger partial charge in [0.25, 0.3) is 0 Å². The van der Waals surface area contributed by atoms with Gasteiger partial charge in [0.1, 0.15) is 0 Å². The van der Waals surface area contributed by atoms with Crippen LogP contribution in [-0.2, 0) is 0 Å². The zero-order chi connectivity index (χ0) is 14.6. The van der Waals surface area contributed by atoms with Crippen LogP contribution in [0.5, 0.6) is 0 Å². The first-order valence-electron chi connectivity index (χ1n) is 5.92. The highest BCUT2D eigenvalue weighted by atomic mass is 35.5. The van der Waals surface area contributed by atoms with Crippen molar-refractivity contribution in [3.05, 3.63) is 22.7 Å². The SMILES string of the molecule is CSCCC(C)N(C)c1c(Cl)cc(N)cc1C(=O)O. The van der Waals surface area contributed by atoms with E-state index in [1.807, 2.05) is 18.2 Å². The largest absolute Gasteiger partial charge is 0.478 e. The van der Waals surface area contributed by atoms with E-state index in [0.717, 1.165) is 12.2 Å². The molecule has 0 spiro atoms. The van der Waals surface area contributed by atoms with Crippen LogP contribution in [0.1, 0.15) is 23.7 Å². The summed E-state index contributed by atoms with van der Waals surface area (Å²) in [5.74, 6) is -0.00587. The lowest BCUT2D eigenvalue weighted by Crippen LogP contribution is -2.31. The van der Waals surface area contributed by atoms with E-state index in [1.54, 1.807) is 17.8 Å². The van der Waals surface area contributed by atoms with Crippen LogP contribution >= 0.6 is 23.4 Å². The van der Waals surface area contributed by atoms with Crippen LogP contribution in [0.2, 0.25) is 5.02 Å². The molecule has 0 bridgehead atoms. The Balaban J connectivity index is 3.14. The quantitative estimate of drug-likeness (QED) is 0.790. The molecule has 1 aromatic rings. The molecule has 1 aromatic carbocycles. The van der Waals surface area contributed by atoms with Crippen molar-refractivity contribution >= 4 is 40.7 Å². The smallest absolute Gasteiger partial charge is 0.337 e. The number of carbonyl (C=O) groups is 1. The summed E-state index contributed by atoms with van der Waals surface area (Å²) < 4.78 is 0. The highest BCUT2D eigenvalue weighted by molar-refractivity contribution is 7.98. The highest BCUT2D eigenvalue weighted by Crippen LogP contribution is 2.33. The number of nitrogens with zero attached hydrogens (tertiary/aromatic N) is 1. The minimum Gasteiger partial charge on any atom is -0.478 e. The number of carboxylic acid groups (broad SMARTS) is 1. The number of thioether (sulfide) groups is 1. The Morgan fingerprint density at radius 1 is 1.58 bits per heavy atom. The molecule has 0 radical (unpaired) electrons. The third-order valence-electron chi connectivity index (χ3n) is 3.07. The number of benzene rings is 1. The monoisotopic (exact) mass is 302 g/mol. The van der Waals surface area contributed by atoms with Crippen molar-refractivity contribution in [3.63, 3.8) is 0 Å². The molecule has 106 valence electrons. The van der Waals surface area contributed by atoms with Crippen LogP contribution in [0.3, 0.4) is 0 Å². The molecule has 3 N–H and O–H groups in total. The van der Waals surface area contributed by atoms with Crippen molar-refractivity contribution in [1.29, 1.82) is 0 Å². The fraction of sp³-hybridized carbons (Fsp3) is 0.462. The average molecular weight is 303 g/mol. The van der Waals surface area contributed by atoms with Crippen LogP contribution < -0.4 is 10.6 Å². The van der Waals surface area contributed by atoms with Gasteiger partial charge < -0.3 is 15.7 Å². The fourth-order valence-corrected chi connectivity index (χ4v) is 2.78. The van der Waals surface area contributed by atoms with Crippen molar-refractivity contribution in [2.24, 2.45) is 0 Å². The van der Waals surface area contributed by atoms with Crippen LogP contribution in [0.4, 0.5) is 11.4 Å². The maximum atomic E-state index is 11.3. The Morgan fingerprint density at radius 3 is 2.74 bits per heavy atom. The molecule has 0 saturated carbocycles. The molecule has 0 saturated heterocycles. The molecule has 4 nitrogen and oxygen atoms in total. The zero-order valence-electron chi connectivity index (χ0n) is 11.3. The van der Waals surface area contributed by atoms with Crippen LogP contribution in [0.15, 0.2) is 12.1 Å². The molecule has 6 heteroatoms.